The Balaban J connectivity index is 2.29. The van der Waals surface area contributed by atoms with Crippen molar-refractivity contribution in [1.29, 1.82) is 0 Å². The van der Waals surface area contributed by atoms with Crippen molar-refractivity contribution >= 4 is 40.6 Å². The van der Waals surface area contributed by atoms with Crippen LogP contribution in [0.25, 0.3) is 0 Å². The summed E-state index contributed by atoms with van der Waals surface area (Å²) < 4.78 is 0. The van der Waals surface area contributed by atoms with Gasteiger partial charge in [-0.15, -0.1) is 0 Å². The van der Waals surface area contributed by atoms with Crippen molar-refractivity contribution in [3.05, 3.63) is 23.2 Å². The van der Waals surface area contributed by atoms with Crippen LogP contribution in [0.5, 0.6) is 0 Å². The monoisotopic (exact) mass is 300 g/mol. The molecule has 0 atom stereocenters. The fourth-order valence-corrected chi connectivity index (χ4v) is 2.78. The molecule has 0 spiro atoms. The van der Waals surface area contributed by atoms with E-state index < -0.39 is 0 Å². The summed E-state index contributed by atoms with van der Waals surface area (Å²) in [5.41, 5.74) is 6.89. The van der Waals surface area contributed by atoms with Gasteiger partial charge in [-0.05, 0) is 36.3 Å². The van der Waals surface area contributed by atoms with Crippen molar-refractivity contribution in [2.45, 2.75) is 26.7 Å². The second-order valence-corrected chi connectivity index (χ2v) is 6.49. The topological polar surface area (TPSA) is 55.1 Å². The molecule has 0 unspecified atom stereocenters. The Morgan fingerprint density at radius 3 is 2.84 bits per heavy atom. The third-order valence-corrected chi connectivity index (χ3v) is 3.85. The number of carbonyl (C=O) groups is 1. The van der Waals surface area contributed by atoms with E-state index in [-0.39, 0.29) is 5.91 Å². The van der Waals surface area contributed by atoms with Gasteiger partial charge < -0.3 is 11.1 Å². The number of nitrogens with one attached hydrogen (secondary N) is 1. The molecule has 0 aliphatic carbocycles. The highest BCUT2D eigenvalue weighted by atomic mass is 35.5. The molecular weight excluding hydrogens is 280 g/mol. The Labute approximate surface area is 124 Å². The van der Waals surface area contributed by atoms with Gasteiger partial charge in [0, 0.05) is 17.2 Å². The zero-order valence-corrected chi connectivity index (χ0v) is 13.0. The number of halogens is 1. The minimum atomic E-state index is -0.0222. The lowest BCUT2D eigenvalue weighted by Gasteiger charge is -2.08. The van der Waals surface area contributed by atoms with Crippen LogP contribution in [0.2, 0.25) is 5.02 Å². The molecule has 3 nitrogen and oxygen atoms in total. The van der Waals surface area contributed by atoms with E-state index in [9.17, 15) is 4.79 Å². The van der Waals surface area contributed by atoms with Crippen LogP contribution in [0, 0.1) is 5.92 Å². The quantitative estimate of drug-likeness (QED) is 0.590. The lowest BCUT2D eigenvalue weighted by molar-refractivity contribution is -0.115. The maximum absolute atomic E-state index is 11.7. The van der Waals surface area contributed by atoms with E-state index in [0.29, 0.717) is 28.7 Å². The van der Waals surface area contributed by atoms with Crippen LogP contribution in [-0.2, 0) is 4.79 Å². The summed E-state index contributed by atoms with van der Waals surface area (Å²) in [4.78, 5) is 11.7. The van der Waals surface area contributed by atoms with Crippen molar-refractivity contribution in [3.8, 4) is 0 Å². The Bertz CT molecular complexity index is 424. The van der Waals surface area contributed by atoms with Gasteiger partial charge in [-0.1, -0.05) is 25.4 Å². The van der Waals surface area contributed by atoms with Crippen LogP contribution in [0.3, 0.4) is 0 Å². The van der Waals surface area contributed by atoms with Gasteiger partial charge in [-0.25, -0.2) is 0 Å². The first-order valence-electron chi connectivity index (χ1n) is 6.41. The number of hydrogen-bond donors (Lipinski definition) is 2. The summed E-state index contributed by atoms with van der Waals surface area (Å²) in [5, 5.41) is 3.35. The van der Waals surface area contributed by atoms with Crippen molar-refractivity contribution in [1.82, 2.24) is 0 Å². The summed E-state index contributed by atoms with van der Waals surface area (Å²) in [5.74, 6) is 2.63. The highest BCUT2D eigenvalue weighted by Gasteiger charge is 2.06. The Morgan fingerprint density at radius 1 is 1.42 bits per heavy atom. The third-order valence-electron chi connectivity index (χ3n) is 2.60. The lowest BCUT2D eigenvalue weighted by atomic mass is 10.2. The number of thioether (sulfide) groups is 1. The van der Waals surface area contributed by atoms with E-state index in [4.69, 9.17) is 17.3 Å². The number of hydrogen-bond acceptors (Lipinski definition) is 3. The maximum atomic E-state index is 11.7. The average Bonchev–Trinajstić information content (AvgIpc) is 2.33. The van der Waals surface area contributed by atoms with Gasteiger partial charge in [0.1, 0.15) is 0 Å². The van der Waals surface area contributed by atoms with Gasteiger partial charge in [0.15, 0.2) is 0 Å². The number of anilines is 2. The molecule has 3 N–H and O–H groups in total. The maximum Gasteiger partial charge on any atom is 0.225 e. The molecule has 0 heterocycles. The first kappa shape index (κ1) is 16.2. The van der Waals surface area contributed by atoms with Crippen molar-refractivity contribution in [3.63, 3.8) is 0 Å². The van der Waals surface area contributed by atoms with Crippen molar-refractivity contribution in [2.75, 3.05) is 22.6 Å². The predicted octanol–water partition coefficient (Wildman–Crippen LogP) is 4.03. The minimum Gasteiger partial charge on any atom is -0.397 e. The Hall–Kier alpha value is -0.870. The van der Waals surface area contributed by atoms with E-state index in [0.717, 1.165) is 11.5 Å². The SMILES string of the molecule is CC(C)CCSCCC(=O)Nc1cc(Cl)ccc1N. The summed E-state index contributed by atoms with van der Waals surface area (Å²) in [6.07, 6.45) is 1.68. The van der Waals surface area contributed by atoms with E-state index in [1.807, 2.05) is 11.8 Å². The van der Waals surface area contributed by atoms with Crippen molar-refractivity contribution < 1.29 is 4.79 Å². The van der Waals surface area contributed by atoms with Crippen LogP contribution >= 0.6 is 23.4 Å². The highest BCUT2D eigenvalue weighted by Crippen LogP contribution is 2.23. The lowest BCUT2D eigenvalue weighted by Crippen LogP contribution is -2.13. The average molecular weight is 301 g/mol. The number of carbonyl (C=O) groups excluding carboxylic acids is 1. The van der Waals surface area contributed by atoms with Crippen LogP contribution in [0.4, 0.5) is 11.4 Å². The molecule has 0 fully saturated rings. The zero-order chi connectivity index (χ0) is 14.3. The van der Waals surface area contributed by atoms with E-state index >= 15 is 0 Å². The van der Waals surface area contributed by atoms with Gasteiger partial charge >= 0.3 is 0 Å². The van der Waals surface area contributed by atoms with Crippen LogP contribution < -0.4 is 11.1 Å². The molecule has 1 aromatic rings. The van der Waals surface area contributed by atoms with Crippen molar-refractivity contribution in [2.24, 2.45) is 5.92 Å². The molecule has 0 aliphatic rings. The van der Waals surface area contributed by atoms with Crippen LogP contribution in [0.1, 0.15) is 26.7 Å². The molecule has 106 valence electrons. The largest absolute Gasteiger partial charge is 0.397 e. The smallest absolute Gasteiger partial charge is 0.225 e. The van der Waals surface area contributed by atoms with Crippen LogP contribution in [0.15, 0.2) is 18.2 Å². The number of nitrogen functional groups attached to an aromatic ring is 1. The second kappa shape index (κ2) is 8.33. The Morgan fingerprint density at radius 2 is 2.16 bits per heavy atom. The van der Waals surface area contributed by atoms with Gasteiger partial charge in [-0.2, -0.15) is 11.8 Å². The molecule has 1 rings (SSSR count). The summed E-state index contributed by atoms with van der Waals surface area (Å²) in [6.45, 7) is 4.41. The zero-order valence-electron chi connectivity index (χ0n) is 11.4. The standard InChI is InChI=1S/C14H21ClN2OS/c1-10(2)5-7-19-8-6-14(18)17-13-9-11(15)3-4-12(13)16/h3-4,9-10H,5-8,16H2,1-2H3,(H,17,18). The minimum absolute atomic E-state index is 0.0222. The number of rotatable bonds is 7. The second-order valence-electron chi connectivity index (χ2n) is 4.82. The molecule has 5 heteroatoms. The highest BCUT2D eigenvalue weighted by molar-refractivity contribution is 7.99. The molecule has 0 radical (unpaired) electrons. The van der Waals surface area contributed by atoms with Gasteiger partial charge in [0.25, 0.3) is 0 Å². The van der Waals surface area contributed by atoms with E-state index in [1.165, 1.54) is 6.42 Å². The first-order valence-corrected chi connectivity index (χ1v) is 7.95. The summed E-state index contributed by atoms with van der Waals surface area (Å²) in [7, 11) is 0. The molecule has 0 aliphatic heterocycles. The normalized spacial score (nSPS) is 10.7. The molecule has 0 saturated heterocycles. The van der Waals surface area contributed by atoms with Crippen LogP contribution in [-0.4, -0.2) is 17.4 Å². The number of amides is 1. The molecular formula is C14H21ClN2OS. The predicted molar refractivity (Wildman–Crippen MR) is 85.9 cm³/mol. The van der Waals surface area contributed by atoms with Gasteiger partial charge in [0.05, 0.1) is 11.4 Å². The number of nitrogens with two attached hydrogens (primary N) is 1. The Kier molecular flexibility index (Phi) is 7.10. The van der Waals surface area contributed by atoms with Gasteiger partial charge in [-0.3, -0.25) is 4.79 Å². The summed E-state index contributed by atoms with van der Waals surface area (Å²) in [6, 6.07) is 5.06. The molecule has 0 aromatic heterocycles. The summed E-state index contributed by atoms with van der Waals surface area (Å²) >= 11 is 7.67. The molecule has 0 bridgehead atoms. The fourth-order valence-electron chi connectivity index (χ4n) is 1.44. The molecule has 1 amide bonds. The van der Waals surface area contributed by atoms with Gasteiger partial charge in [0.2, 0.25) is 5.91 Å². The first-order chi connectivity index (χ1) is 8.99. The van der Waals surface area contributed by atoms with E-state index in [1.54, 1.807) is 18.2 Å². The van der Waals surface area contributed by atoms with E-state index in [2.05, 4.69) is 19.2 Å². The number of benzene rings is 1. The molecule has 19 heavy (non-hydrogen) atoms. The molecule has 0 saturated carbocycles. The fraction of sp³-hybridized carbons (Fsp3) is 0.500. The third kappa shape index (κ3) is 6.73. The molecule has 1 aromatic carbocycles.